The van der Waals surface area contributed by atoms with E-state index in [-0.39, 0.29) is 0 Å². The van der Waals surface area contributed by atoms with Crippen molar-refractivity contribution in [3.05, 3.63) is 0 Å². The van der Waals surface area contributed by atoms with E-state index in [0.29, 0.717) is 6.04 Å². The average Bonchev–Trinajstić information content (AvgIpc) is 2.19. The first-order chi connectivity index (χ1) is 6.79. The van der Waals surface area contributed by atoms with Gasteiger partial charge in [-0.2, -0.15) is 0 Å². The van der Waals surface area contributed by atoms with Gasteiger partial charge in [-0.25, -0.2) is 0 Å². The summed E-state index contributed by atoms with van der Waals surface area (Å²) < 4.78 is 0. The Hall–Kier alpha value is -0.0800. The Kier molecular flexibility index (Phi) is 5.49. The summed E-state index contributed by atoms with van der Waals surface area (Å²) in [6.07, 6.45) is 6.96. The topological polar surface area (TPSA) is 15.3 Å². The van der Waals surface area contributed by atoms with Gasteiger partial charge in [0.2, 0.25) is 0 Å². The number of hydrogen-bond donors (Lipinski definition) is 1. The van der Waals surface area contributed by atoms with Gasteiger partial charge in [-0.3, -0.25) is 4.90 Å². The molecule has 1 aliphatic heterocycles. The molecule has 1 saturated heterocycles. The highest BCUT2D eigenvalue weighted by atomic mass is 15.2. The minimum Gasteiger partial charge on any atom is -0.318 e. The number of hydrogen-bond acceptors (Lipinski definition) is 2. The van der Waals surface area contributed by atoms with E-state index in [9.17, 15) is 0 Å². The molecule has 2 nitrogen and oxygen atoms in total. The summed E-state index contributed by atoms with van der Waals surface area (Å²) >= 11 is 0. The monoisotopic (exact) mass is 198 g/mol. The third-order valence-electron chi connectivity index (χ3n) is 3.36. The summed E-state index contributed by atoms with van der Waals surface area (Å²) in [6, 6.07) is 1.56. The van der Waals surface area contributed by atoms with Crippen molar-refractivity contribution < 1.29 is 0 Å². The number of rotatable bonds is 5. The molecular formula is C12H26N2. The predicted octanol–water partition coefficient (Wildman–Crippen LogP) is 2.25. The van der Waals surface area contributed by atoms with E-state index < -0.39 is 0 Å². The fourth-order valence-corrected chi connectivity index (χ4v) is 2.66. The zero-order valence-corrected chi connectivity index (χ0v) is 10.1. The van der Waals surface area contributed by atoms with E-state index in [1.165, 1.54) is 38.6 Å². The molecule has 0 amide bonds. The minimum atomic E-state index is 0.705. The lowest BCUT2D eigenvalue weighted by molar-refractivity contribution is 0.0966. The SMILES string of the molecule is CCCC1CCCCN1C(C)CNC. The first-order valence-corrected chi connectivity index (χ1v) is 6.20. The normalized spacial score (nSPS) is 26.4. The van der Waals surface area contributed by atoms with Crippen LogP contribution in [0.15, 0.2) is 0 Å². The zero-order chi connectivity index (χ0) is 10.4. The fourth-order valence-electron chi connectivity index (χ4n) is 2.66. The van der Waals surface area contributed by atoms with Gasteiger partial charge in [-0.1, -0.05) is 19.8 Å². The summed E-state index contributed by atoms with van der Waals surface area (Å²) in [6.45, 7) is 7.09. The van der Waals surface area contributed by atoms with E-state index in [4.69, 9.17) is 0 Å². The van der Waals surface area contributed by atoms with Crippen LogP contribution in [0, 0.1) is 0 Å². The Morgan fingerprint density at radius 2 is 2.21 bits per heavy atom. The van der Waals surface area contributed by atoms with Crippen LogP contribution in [0.1, 0.15) is 46.0 Å². The van der Waals surface area contributed by atoms with Crippen LogP contribution >= 0.6 is 0 Å². The molecule has 2 heteroatoms. The summed E-state index contributed by atoms with van der Waals surface area (Å²) in [5.41, 5.74) is 0. The maximum Gasteiger partial charge on any atom is 0.0195 e. The number of piperidine rings is 1. The third-order valence-corrected chi connectivity index (χ3v) is 3.36. The molecule has 0 aromatic rings. The van der Waals surface area contributed by atoms with Gasteiger partial charge in [0.15, 0.2) is 0 Å². The number of likely N-dealkylation sites (tertiary alicyclic amines) is 1. The van der Waals surface area contributed by atoms with Crippen molar-refractivity contribution in [1.29, 1.82) is 0 Å². The van der Waals surface area contributed by atoms with Crippen LogP contribution in [0.25, 0.3) is 0 Å². The molecule has 2 atom stereocenters. The van der Waals surface area contributed by atoms with Gasteiger partial charge in [0.05, 0.1) is 0 Å². The standard InChI is InChI=1S/C12H26N2/c1-4-7-12-8-5-6-9-14(12)11(2)10-13-3/h11-13H,4-10H2,1-3H3. The molecule has 1 aliphatic rings. The molecule has 84 valence electrons. The van der Waals surface area contributed by atoms with Gasteiger partial charge < -0.3 is 5.32 Å². The van der Waals surface area contributed by atoms with Crippen molar-refractivity contribution in [2.24, 2.45) is 0 Å². The molecule has 14 heavy (non-hydrogen) atoms. The molecule has 1 fully saturated rings. The van der Waals surface area contributed by atoms with E-state index in [2.05, 4.69) is 31.1 Å². The van der Waals surface area contributed by atoms with Crippen molar-refractivity contribution in [3.63, 3.8) is 0 Å². The van der Waals surface area contributed by atoms with Crippen molar-refractivity contribution in [2.75, 3.05) is 20.1 Å². The largest absolute Gasteiger partial charge is 0.318 e. The van der Waals surface area contributed by atoms with E-state index in [1.807, 2.05) is 0 Å². The molecule has 2 unspecified atom stereocenters. The van der Waals surface area contributed by atoms with Gasteiger partial charge in [0.1, 0.15) is 0 Å². The zero-order valence-electron chi connectivity index (χ0n) is 10.1. The second-order valence-corrected chi connectivity index (χ2v) is 4.58. The van der Waals surface area contributed by atoms with Gasteiger partial charge in [0.25, 0.3) is 0 Å². The average molecular weight is 198 g/mol. The van der Waals surface area contributed by atoms with Crippen LogP contribution in [0.3, 0.4) is 0 Å². The van der Waals surface area contributed by atoms with E-state index in [0.717, 1.165) is 12.6 Å². The van der Waals surface area contributed by atoms with Gasteiger partial charge in [0, 0.05) is 18.6 Å². The molecule has 0 aliphatic carbocycles. The Morgan fingerprint density at radius 1 is 1.43 bits per heavy atom. The van der Waals surface area contributed by atoms with E-state index in [1.54, 1.807) is 0 Å². The molecule has 0 bridgehead atoms. The molecule has 1 rings (SSSR count). The first kappa shape index (κ1) is 12.0. The minimum absolute atomic E-state index is 0.705. The maximum atomic E-state index is 3.29. The smallest absolute Gasteiger partial charge is 0.0195 e. The lowest BCUT2D eigenvalue weighted by atomic mass is 9.96. The van der Waals surface area contributed by atoms with E-state index >= 15 is 0 Å². The summed E-state index contributed by atoms with van der Waals surface area (Å²) in [5, 5.41) is 3.29. The van der Waals surface area contributed by atoms with Crippen molar-refractivity contribution in [1.82, 2.24) is 10.2 Å². The van der Waals surface area contributed by atoms with Gasteiger partial charge >= 0.3 is 0 Å². The Morgan fingerprint density at radius 3 is 2.86 bits per heavy atom. The lowest BCUT2D eigenvalue weighted by Gasteiger charge is -2.40. The summed E-state index contributed by atoms with van der Waals surface area (Å²) in [4.78, 5) is 2.71. The summed E-state index contributed by atoms with van der Waals surface area (Å²) in [7, 11) is 2.05. The highest BCUT2D eigenvalue weighted by Gasteiger charge is 2.24. The molecular weight excluding hydrogens is 172 g/mol. The van der Waals surface area contributed by atoms with Crippen LogP contribution in [0.4, 0.5) is 0 Å². The van der Waals surface area contributed by atoms with Crippen LogP contribution in [-0.2, 0) is 0 Å². The first-order valence-electron chi connectivity index (χ1n) is 6.20. The summed E-state index contributed by atoms with van der Waals surface area (Å²) in [5.74, 6) is 0. The molecule has 0 spiro atoms. The van der Waals surface area contributed by atoms with Crippen molar-refractivity contribution in [2.45, 2.75) is 58.0 Å². The maximum absolute atomic E-state index is 3.29. The Bertz CT molecular complexity index is 145. The Balaban J connectivity index is 2.44. The van der Waals surface area contributed by atoms with Crippen LogP contribution < -0.4 is 5.32 Å². The van der Waals surface area contributed by atoms with Crippen molar-refractivity contribution >= 4 is 0 Å². The van der Waals surface area contributed by atoms with Crippen LogP contribution in [0.2, 0.25) is 0 Å². The van der Waals surface area contributed by atoms with Gasteiger partial charge in [-0.05, 0) is 39.8 Å². The molecule has 0 radical (unpaired) electrons. The third kappa shape index (κ3) is 3.25. The number of likely N-dealkylation sites (N-methyl/N-ethyl adjacent to an activating group) is 1. The highest BCUT2D eigenvalue weighted by Crippen LogP contribution is 2.22. The highest BCUT2D eigenvalue weighted by molar-refractivity contribution is 4.81. The molecule has 0 aromatic carbocycles. The van der Waals surface area contributed by atoms with Gasteiger partial charge in [-0.15, -0.1) is 0 Å². The second-order valence-electron chi connectivity index (χ2n) is 4.58. The molecule has 1 heterocycles. The molecule has 0 aromatic heterocycles. The molecule has 1 N–H and O–H groups in total. The second kappa shape index (κ2) is 6.41. The van der Waals surface area contributed by atoms with Crippen molar-refractivity contribution in [3.8, 4) is 0 Å². The Labute approximate surface area is 89.1 Å². The fraction of sp³-hybridized carbons (Fsp3) is 1.00. The van der Waals surface area contributed by atoms with Crippen LogP contribution in [-0.4, -0.2) is 37.1 Å². The molecule has 0 saturated carbocycles. The van der Waals surface area contributed by atoms with Crippen LogP contribution in [0.5, 0.6) is 0 Å². The predicted molar refractivity (Wildman–Crippen MR) is 62.6 cm³/mol. The number of nitrogens with one attached hydrogen (secondary N) is 1. The number of nitrogens with zero attached hydrogens (tertiary/aromatic N) is 1. The quantitative estimate of drug-likeness (QED) is 0.729. The lowest BCUT2D eigenvalue weighted by Crippen LogP contribution is -2.48.